The topological polar surface area (TPSA) is 83.4 Å². The number of nitrogens with one attached hydrogen (secondary N) is 2. The standard InChI is InChI=1S/C13H20BrN3O3/c1-8(2)11(18)4-5-15-13(20)16-9-6-10(14)12(19)17(3)7-9/h6-8,11,18H,4-5H2,1-3H3,(H2,15,16,20). The highest BCUT2D eigenvalue weighted by atomic mass is 79.9. The van der Waals surface area contributed by atoms with Crippen molar-refractivity contribution < 1.29 is 9.90 Å². The number of carbonyl (C=O) groups excluding carboxylic acids is 1. The van der Waals surface area contributed by atoms with Crippen LogP contribution in [0, 0.1) is 5.92 Å². The van der Waals surface area contributed by atoms with Crippen LogP contribution in [0.2, 0.25) is 0 Å². The second-order valence-corrected chi connectivity index (χ2v) is 5.83. The predicted octanol–water partition coefficient (Wildman–Crippen LogP) is 1.68. The first kappa shape index (κ1) is 16.7. The summed E-state index contributed by atoms with van der Waals surface area (Å²) in [6.45, 7) is 4.23. The zero-order valence-electron chi connectivity index (χ0n) is 11.8. The number of hydrogen-bond acceptors (Lipinski definition) is 3. The molecule has 1 rings (SSSR count). The number of aliphatic hydroxyl groups is 1. The van der Waals surface area contributed by atoms with E-state index in [2.05, 4.69) is 26.6 Å². The van der Waals surface area contributed by atoms with Crippen molar-refractivity contribution in [2.24, 2.45) is 13.0 Å². The highest BCUT2D eigenvalue weighted by Gasteiger charge is 2.10. The van der Waals surface area contributed by atoms with Crippen LogP contribution in [0.1, 0.15) is 20.3 Å². The first-order valence-corrected chi connectivity index (χ1v) is 7.19. The molecule has 112 valence electrons. The summed E-state index contributed by atoms with van der Waals surface area (Å²) in [6, 6.07) is 1.18. The summed E-state index contributed by atoms with van der Waals surface area (Å²) in [4.78, 5) is 23.1. The molecule has 1 aromatic heterocycles. The third kappa shape index (κ3) is 4.97. The van der Waals surface area contributed by atoms with E-state index in [9.17, 15) is 14.7 Å². The van der Waals surface area contributed by atoms with E-state index in [1.165, 1.54) is 10.8 Å². The number of pyridine rings is 1. The molecule has 0 aliphatic carbocycles. The fourth-order valence-electron chi connectivity index (χ4n) is 1.58. The van der Waals surface area contributed by atoms with Gasteiger partial charge in [0.2, 0.25) is 0 Å². The Balaban J connectivity index is 2.49. The van der Waals surface area contributed by atoms with Gasteiger partial charge in [-0.05, 0) is 34.3 Å². The maximum Gasteiger partial charge on any atom is 0.319 e. The van der Waals surface area contributed by atoms with E-state index in [0.29, 0.717) is 23.1 Å². The summed E-state index contributed by atoms with van der Waals surface area (Å²) in [6.07, 6.45) is 1.61. The van der Waals surface area contributed by atoms with E-state index in [1.54, 1.807) is 13.1 Å². The van der Waals surface area contributed by atoms with E-state index in [1.807, 2.05) is 13.8 Å². The lowest BCUT2D eigenvalue weighted by atomic mass is 10.0. The van der Waals surface area contributed by atoms with Gasteiger partial charge >= 0.3 is 6.03 Å². The van der Waals surface area contributed by atoms with Crippen molar-refractivity contribution in [3.63, 3.8) is 0 Å². The van der Waals surface area contributed by atoms with Gasteiger partial charge < -0.3 is 20.3 Å². The zero-order chi connectivity index (χ0) is 15.3. The molecule has 0 aliphatic rings. The minimum atomic E-state index is -0.429. The van der Waals surface area contributed by atoms with Crippen LogP contribution in [0.3, 0.4) is 0 Å². The molecule has 0 fully saturated rings. The quantitative estimate of drug-likeness (QED) is 0.759. The SMILES string of the molecule is CC(C)C(O)CCNC(=O)Nc1cc(Br)c(=O)n(C)c1. The Hall–Kier alpha value is -1.34. The Morgan fingerprint density at radius 1 is 1.50 bits per heavy atom. The number of aryl methyl sites for hydroxylation is 1. The summed E-state index contributed by atoms with van der Waals surface area (Å²) in [5.41, 5.74) is 0.344. The van der Waals surface area contributed by atoms with Crippen molar-refractivity contribution in [1.29, 1.82) is 0 Å². The van der Waals surface area contributed by atoms with Crippen molar-refractivity contribution >= 4 is 27.6 Å². The molecule has 0 saturated heterocycles. The zero-order valence-corrected chi connectivity index (χ0v) is 13.4. The summed E-state index contributed by atoms with van der Waals surface area (Å²) >= 11 is 3.14. The van der Waals surface area contributed by atoms with Crippen LogP contribution in [0.5, 0.6) is 0 Å². The first-order chi connectivity index (χ1) is 9.31. The van der Waals surface area contributed by atoms with Crippen LogP contribution < -0.4 is 16.2 Å². The number of urea groups is 1. The van der Waals surface area contributed by atoms with Crippen molar-refractivity contribution in [3.8, 4) is 0 Å². The second kappa shape index (κ2) is 7.44. The van der Waals surface area contributed by atoms with Gasteiger partial charge in [0.05, 0.1) is 16.3 Å². The van der Waals surface area contributed by atoms with Gasteiger partial charge in [-0.1, -0.05) is 13.8 Å². The van der Waals surface area contributed by atoms with Gasteiger partial charge in [0, 0.05) is 19.8 Å². The molecule has 1 atom stereocenters. The average Bonchev–Trinajstić information content (AvgIpc) is 2.35. The van der Waals surface area contributed by atoms with Crippen LogP contribution in [0.15, 0.2) is 21.5 Å². The highest BCUT2D eigenvalue weighted by molar-refractivity contribution is 9.10. The molecule has 0 saturated carbocycles. The maximum absolute atomic E-state index is 11.7. The molecule has 20 heavy (non-hydrogen) atoms. The van der Waals surface area contributed by atoms with Crippen LogP contribution >= 0.6 is 15.9 Å². The Labute approximate surface area is 126 Å². The molecule has 0 aromatic carbocycles. The number of amides is 2. The molecule has 1 heterocycles. The number of carbonyl (C=O) groups is 1. The molecular weight excluding hydrogens is 326 g/mol. The monoisotopic (exact) mass is 345 g/mol. The van der Waals surface area contributed by atoms with Crippen LogP contribution in [-0.4, -0.2) is 28.4 Å². The van der Waals surface area contributed by atoms with Crippen molar-refractivity contribution in [1.82, 2.24) is 9.88 Å². The molecule has 0 aliphatic heterocycles. The summed E-state index contributed by atoms with van der Waals surface area (Å²) < 4.78 is 1.76. The van der Waals surface area contributed by atoms with Gasteiger partial charge in [0.25, 0.3) is 5.56 Å². The lowest BCUT2D eigenvalue weighted by Gasteiger charge is -2.15. The van der Waals surface area contributed by atoms with E-state index in [0.717, 1.165) is 0 Å². The molecular formula is C13H20BrN3O3. The highest BCUT2D eigenvalue weighted by Crippen LogP contribution is 2.11. The molecule has 1 unspecified atom stereocenters. The Morgan fingerprint density at radius 2 is 2.15 bits per heavy atom. The molecule has 0 bridgehead atoms. The van der Waals surface area contributed by atoms with Gasteiger partial charge in [-0.2, -0.15) is 0 Å². The largest absolute Gasteiger partial charge is 0.393 e. The smallest absolute Gasteiger partial charge is 0.319 e. The first-order valence-electron chi connectivity index (χ1n) is 6.40. The normalized spacial score (nSPS) is 12.3. The summed E-state index contributed by atoms with van der Waals surface area (Å²) in [5.74, 6) is 0.166. The number of aromatic nitrogens is 1. The van der Waals surface area contributed by atoms with Crippen LogP contribution in [0.25, 0.3) is 0 Å². The summed E-state index contributed by atoms with van der Waals surface area (Å²) in [5, 5.41) is 14.9. The fourth-order valence-corrected chi connectivity index (χ4v) is 2.11. The molecule has 2 amide bonds. The third-order valence-electron chi connectivity index (χ3n) is 2.89. The number of hydrogen-bond donors (Lipinski definition) is 3. The predicted molar refractivity (Wildman–Crippen MR) is 81.9 cm³/mol. The minimum absolute atomic E-state index is 0.166. The molecule has 7 heteroatoms. The number of nitrogens with zero attached hydrogens (tertiary/aromatic N) is 1. The molecule has 3 N–H and O–H groups in total. The maximum atomic E-state index is 11.7. The van der Waals surface area contributed by atoms with E-state index in [4.69, 9.17) is 0 Å². The van der Waals surface area contributed by atoms with Gasteiger partial charge in [0.15, 0.2) is 0 Å². The fraction of sp³-hybridized carbons (Fsp3) is 0.538. The van der Waals surface area contributed by atoms with Crippen LogP contribution in [-0.2, 0) is 7.05 Å². The second-order valence-electron chi connectivity index (χ2n) is 4.97. The van der Waals surface area contributed by atoms with Crippen molar-refractivity contribution in [2.75, 3.05) is 11.9 Å². The minimum Gasteiger partial charge on any atom is -0.393 e. The number of halogens is 1. The van der Waals surface area contributed by atoms with E-state index < -0.39 is 6.10 Å². The van der Waals surface area contributed by atoms with E-state index >= 15 is 0 Å². The molecule has 1 aromatic rings. The van der Waals surface area contributed by atoms with E-state index in [-0.39, 0.29) is 17.5 Å². The molecule has 6 nitrogen and oxygen atoms in total. The number of rotatable bonds is 5. The van der Waals surface area contributed by atoms with Gasteiger partial charge in [-0.15, -0.1) is 0 Å². The molecule has 0 radical (unpaired) electrons. The number of anilines is 1. The van der Waals surface area contributed by atoms with Crippen molar-refractivity contribution in [3.05, 3.63) is 27.1 Å². The Bertz CT molecular complexity index is 502. The average molecular weight is 346 g/mol. The van der Waals surface area contributed by atoms with Crippen molar-refractivity contribution in [2.45, 2.75) is 26.4 Å². The Kier molecular flexibility index (Phi) is 6.22. The van der Waals surface area contributed by atoms with Gasteiger partial charge in [0.1, 0.15) is 0 Å². The number of aliphatic hydroxyl groups excluding tert-OH is 1. The summed E-state index contributed by atoms with van der Waals surface area (Å²) in [7, 11) is 1.61. The molecule has 0 spiro atoms. The third-order valence-corrected chi connectivity index (χ3v) is 3.46. The lowest BCUT2D eigenvalue weighted by molar-refractivity contribution is 0.117. The van der Waals surface area contributed by atoms with Gasteiger partial charge in [-0.3, -0.25) is 4.79 Å². The Morgan fingerprint density at radius 3 is 2.70 bits per heavy atom. The lowest BCUT2D eigenvalue weighted by Crippen LogP contribution is -2.32. The van der Waals surface area contributed by atoms with Gasteiger partial charge in [-0.25, -0.2) is 4.79 Å². The van der Waals surface area contributed by atoms with Crippen LogP contribution in [0.4, 0.5) is 10.5 Å².